The van der Waals surface area contributed by atoms with E-state index in [9.17, 15) is 33.6 Å². The maximum Gasteiger partial charge on any atom is 0.319 e. The van der Waals surface area contributed by atoms with Crippen molar-refractivity contribution >= 4 is 52.9 Å². The van der Waals surface area contributed by atoms with Gasteiger partial charge in [0.05, 0.1) is 54.8 Å². The number of hydrogen-bond donors (Lipinski definition) is 5. The highest BCUT2D eigenvalue weighted by atomic mass is 16.5. The van der Waals surface area contributed by atoms with Gasteiger partial charge in [0.25, 0.3) is 17.7 Å². The van der Waals surface area contributed by atoms with E-state index in [-0.39, 0.29) is 61.4 Å². The molecule has 18 heteroatoms. The third-order valence-electron chi connectivity index (χ3n) is 11.6. The standard InChI is InChI=1S/C46H53N9O9/c1-46(2)39-32(26-54(46)45(62)48-34(27-53(3)4)28-10-6-5-7-11-28)40(52-51-39)50-41(58)30-17-15-29(16-18-30)36(56)14-9-22-63-24-25-64-23-21-47-33-13-8-12-31-38(33)44(61)55(43(31)60)35-19-20-37(57)49-42(35)59/h5-8,10-13,15-18,34-35,47H,9,14,19-27H2,1-4H3,(H,48,62)(H,49,57,59)(H2,50,51,52,58)/t34-,35?/m1/s1. The quantitative estimate of drug-likeness (QED) is 0.0507. The summed E-state index contributed by atoms with van der Waals surface area (Å²) in [5.41, 5.74) is 3.37. The van der Waals surface area contributed by atoms with Crippen molar-refractivity contribution in [3.63, 3.8) is 0 Å². The highest BCUT2D eigenvalue weighted by Gasteiger charge is 2.46. The number of fused-ring (bicyclic) bond motifs is 2. The Hall–Kier alpha value is -6.76. The van der Waals surface area contributed by atoms with Gasteiger partial charge in [-0.25, -0.2) is 4.79 Å². The summed E-state index contributed by atoms with van der Waals surface area (Å²) in [6, 6.07) is 19.6. The van der Waals surface area contributed by atoms with Crippen LogP contribution in [0.15, 0.2) is 72.8 Å². The molecule has 64 heavy (non-hydrogen) atoms. The van der Waals surface area contributed by atoms with E-state index in [0.29, 0.717) is 62.0 Å². The lowest BCUT2D eigenvalue weighted by atomic mass is 10.0. The molecule has 1 fully saturated rings. The van der Waals surface area contributed by atoms with Crippen molar-refractivity contribution in [1.29, 1.82) is 0 Å². The first-order valence-electron chi connectivity index (χ1n) is 21.3. The fourth-order valence-electron chi connectivity index (χ4n) is 8.17. The Morgan fingerprint density at radius 3 is 2.33 bits per heavy atom. The molecule has 1 unspecified atom stereocenters. The summed E-state index contributed by atoms with van der Waals surface area (Å²) < 4.78 is 11.3. The fourth-order valence-corrected chi connectivity index (χ4v) is 8.17. The molecule has 0 bridgehead atoms. The highest BCUT2D eigenvalue weighted by Crippen LogP contribution is 2.41. The lowest BCUT2D eigenvalue weighted by molar-refractivity contribution is -0.136. The number of amides is 7. The molecule has 3 aliphatic rings. The van der Waals surface area contributed by atoms with Gasteiger partial charge in [-0.2, -0.15) is 5.10 Å². The first-order valence-corrected chi connectivity index (χ1v) is 21.3. The molecule has 0 aliphatic carbocycles. The number of nitrogens with one attached hydrogen (secondary N) is 5. The number of aromatic nitrogens is 2. The minimum Gasteiger partial charge on any atom is -0.382 e. The van der Waals surface area contributed by atoms with Crippen LogP contribution >= 0.6 is 0 Å². The zero-order valence-corrected chi connectivity index (χ0v) is 36.3. The number of Topliss-reactive ketones (excluding diaryl/α,β-unsaturated/α-hetero) is 1. The van der Waals surface area contributed by atoms with E-state index in [4.69, 9.17) is 9.47 Å². The van der Waals surface area contributed by atoms with Gasteiger partial charge in [-0.3, -0.25) is 44.1 Å². The first-order chi connectivity index (χ1) is 30.7. The number of carbonyl (C=O) groups excluding carboxylic acids is 7. The van der Waals surface area contributed by atoms with E-state index in [1.54, 1.807) is 41.3 Å². The Morgan fingerprint density at radius 1 is 0.891 bits per heavy atom. The van der Waals surface area contributed by atoms with E-state index in [1.165, 1.54) is 6.07 Å². The van der Waals surface area contributed by atoms with Crippen LogP contribution in [0.3, 0.4) is 0 Å². The number of nitrogens with zero attached hydrogens (tertiary/aromatic N) is 4. The Bertz CT molecular complexity index is 2420. The molecule has 4 heterocycles. The van der Waals surface area contributed by atoms with E-state index in [0.717, 1.165) is 21.7 Å². The number of carbonyl (C=O) groups is 7. The topological polar surface area (TPSA) is 224 Å². The number of benzene rings is 3. The van der Waals surface area contributed by atoms with Crippen molar-refractivity contribution in [1.82, 2.24) is 35.5 Å². The second-order valence-corrected chi connectivity index (χ2v) is 16.6. The van der Waals surface area contributed by atoms with E-state index >= 15 is 0 Å². The second-order valence-electron chi connectivity index (χ2n) is 16.6. The molecule has 7 amide bonds. The van der Waals surface area contributed by atoms with Gasteiger partial charge in [0, 0.05) is 54.9 Å². The average Bonchev–Trinajstić information content (AvgIpc) is 3.89. The lowest BCUT2D eigenvalue weighted by Gasteiger charge is -2.34. The lowest BCUT2D eigenvalue weighted by Crippen LogP contribution is -2.54. The summed E-state index contributed by atoms with van der Waals surface area (Å²) in [7, 11) is 3.92. The molecular weight excluding hydrogens is 823 g/mol. The van der Waals surface area contributed by atoms with Gasteiger partial charge in [-0.1, -0.05) is 48.5 Å². The van der Waals surface area contributed by atoms with Crippen molar-refractivity contribution < 1.29 is 43.0 Å². The smallest absolute Gasteiger partial charge is 0.319 e. The molecule has 5 N–H and O–H groups in total. The molecule has 3 aromatic carbocycles. The maximum atomic E-state index is 13.7. The van der Waals surface area contributed by atoms with Gasteiger partial charge < -0.3 is 35.2 Å². The first kappa shape index (κ1) is 45.3. The van der Waals surface area contributed by atoms with Crippen molar-refractivity contribution in [3.8, 4) is 0 Å². The second kappa shape index (κ2) is 19.7. The molecule has 18 nitrogen and oxygen atoms in total. The molecule has 1 aromatic heterocycles. The fraction of sp³-hybridized carbons (Fsp3) is 0.391. The van der Waals surface area contributed by atoms with Crippen LogP contribution in [0.5, 0.6) is 0 Å². The number of likely N-dealkylation sites (N-methyl/N-ethyl adjacent to an activating group) is 1. The van der Waals surface area contributed by atoms with Gasteiger partial charge in [0.1, 0.15) is 6.04 Å². The molecule has 3 aliphatic heterocycles. The third-order valence-corrected chi connectivity index (χ3v) is 11.6. The van der Waals surface area contributed by atoms with Gasteiger partial charge in [0.15, 0.2) is 11.6 Å². The van der Waals surface area contributed by atoms with E-state index in [1.807, 2.05) is 63.2 Å². The monoisotopic (exact) mass is 875 g/mol. The van der Waals surface area contributed by atoms with Crippen LogP contribution in [0.25, 0.3) is 0 Å². The minimum absolute atomic E-state index is 0.0435. The van der Waals surface area contributed by atoms with Crippen LogP contribution in [0.1, 0.15) is 104 Å². The molecular formula is C46H53N9O9. The molecule has 0 saturated carbocycles. The number of anilines is 2. The number of aromatic amines is 1. The highest BCUT2D eigenvalue weighted by molar-refractivity contribution is 6.25. The van der Waals surface area contributed by atoms with Crippen LogP contribution in [0.2, 0.25) is 0 Å². The van der Waals surface area contributed by atoms with Gasteiger partial charge >= 0.3 is 6.03 Å². The number of rotatable bonds is 19. The molecule has 2 atom stereocenters. The Labute approximate surface area is 370 Å². The molecule has 7 rings (SSSR count). The van der Waals surface area contributed by atoms with Gasteiger partial charge in [-0.05, 0) is 70.6 Å². The van der Waals surface area contributed by atoms with Gasteiger partial charge in [0.2, 0.25) is 11.8 Å². The molecule has 0 spiro atoms. The molecule has 4 aromatic rings. The maximum absolute atomic E-state index is 13.7. The number of urea groups is 1. The van der Waals surface area contributed by atoms with Crippen LogP contribution in [0.4, 0.5) is 16.3 Å². The van der Waals surface area contributed by atoms with Crippen molar-refractivity contribution in [3.05, 3.63) is 112 Å². The van der Waals surface area contributed by atoms with Crippen LogP contribution in [-0.4, -0.2) is 126 Å². The minimum atomic E-state index is -1.04. The number of H-pyrrole nitrogens is 1. The predicted molar refractivity (Wildman–Crippen MR) is 235 cm³/mol. The number of imide groups is 2. The number of ether oxygens (including phenoxy) is 2. The Kier molecular flexibility index (Phi) is 14.0. The zero-order valence-electron chi connectivity index (χ0n) is 36.3. The van der Waals surface area contributed by atoms with Crippen LogP contribution in [0, 0.1) is 0 Å². The summed E-state index contributed by atoms with van der Waals surface area (Å²) in [6.45, 7) is 6.29. The normalized spacial score (nSPS) is 17.0. The number of ketones is 1. The van der Waals surface area contributed by atoms with Crippen molar-refractivity contribution in [2.24, 2.45) is 0 Å². The van der Waals surface area contributed by atoms with Crippen LogP contribution < -0.4 is 21.3 Å². The van der Waals surface area contributed by atoms with Crippen molar-refractivity contribution in [2.75, 3.05) is 64.2 Å². The summed E-state index contributed by atoms with van der Waals surface area (Å²) >= 11 is 0. The predicted octanol–water partition coefficient (Wildman–Crippen LogP) is 4.23. The molecule has 1 saturated heterocycles. The average molecular weight is 876 g/mol. The van der Waals surface area contributed by atoms with Crippen molar-refractivity contribution in [2.45, 2.75) is 63.7 Å². The number of piperidine rings is 1. The zero-order chi connectivity index (χ0) is 45.5. The molecule has 336 valence electrons. The number of hydrogen-bond acceptors (Lipinski definition) is 12. The summed E-state index contributed by atoms with van der Waals surface area (Å²) in [5, 5.41) is 18.8. The SMILES string of the molecule is CN(C)C[C@@H](NC(=O)N1Cc2c(NC(=O)c3ccc(C(=O)CCCOCCOCCNc4cccc5c4C(=O)N(C4CCC(=O)NC4=O)C5=O)cc3)n[nH]c2C1(C)C)c1ccccc1. The summed E-state index contributed by atoms with van der Waals surface area (Å²) in [5.74, 6) is -2.41. The van der Waals surface area contributed by atoms with E-state index in [2.05, 4.69) is 31.5 Å². The largest absolute Gasteiger partial charge is 0.382 e. The van der Waals surface area contributed by atoms with Crippen LogP contribution in [-0.2, 0) is 31.1 Å². The summed E-state index contributed by atoms with van der Waals surface area (Å²) in [4.78, 5) is 94.9. The van der Waals surface area contributed by atoms with Gasteiger partial charge in [-0.15, -0.1) is 0 Å². The Balaban J connectivity index is 0.799. The van der Waals surface area contributed by atoms with E-state index < -0.39 is 41.1 Å². The third kappa shape index (κ3) is 9.88. The Morgan fingerprint density at radius 2 is 1.61 bits per heavy atom. The molecule has 0 radical (unpaired) electrons. The summed E-state index contributed by atoms with van der Waals surface area (Å²) in [6.07, 6.45) is 0.862.